The van der Waals surface area contributed by atoms with Crippen LogP contribution in [0.4, 0.5) is 5.69 Å². The fraction of sp³-hybridized carbons (Fsp3) is 0.115. The lowest BCUT2D eigenvalue weighted by atomic mass is 9.97. The van der Waals surface area contributed by atoms with E-state index in [1.54, 1.807) is 6.07 Å². The Labute approximate surface area is 189 Å². The van der Waals surface area contributed by atoms with Gasteiger partial charge in [-0.25, -0.2) is 4.79 Å². The van der Waals surface area contributed by atoms with E-state index in [4.69, 9.17) is 10.5 Å². The Bertz CT molecular complexity index is 1440. The molecule has 1 aliphatic rings. The minimum atomic E-state index is -1.87. The molecule has 164 valence electrons. The van der Waals surface area contributed by atoms with Crippen molar-refractivity contribution in [3.8, 4) is 16.9 Å². The van der Waals surface area contributed by atoms with Crippen molar-refractivity contribution in [1.29, 1.82) is 0 Å². The minimum Gasteiger partial charge on any atom is -0.478 e. The summed E-state index contributed by atoms with van der Waals surface area (Å²) in [5, 5.41) is 9.76. The van der Waals surface area contributed by atoms with Crippen LogP contribution in [-0.4, -0.2) is 33.3 Å². The van der Waals surface area contributed by atoms with Crippen molar-refractivity contribution in [2.75, 3.05) is 5.73 Å². The maximum atomic E-state index is 12.5. The van der Waals surface area contributed by atoms with E-state index in [0.29, 0.717) is 23.1 Å². The predicted octanol–water partition coefficient (Wildman–Crippen LogP) is 3.84. The van der Waals surface area contributed by atoms with Crippen molar-refractivity contribution < 1.29 is 24.2 Å². The summed E-state index contributed by atoms with van der Waals surface area (Å²) in [6, 6.07) is 21.5. The van der Waals surface area contributed by atoms with Gasteiger partial charge in [0.15, 0.2) is 0 Å². The van der Waals surface area contributed by atoms with Crippen LogP contribution in [0.1, 0.15) is 21.6 Å². The van der Waals surface area contributed by atoms with Gasteiger partial charge in [0.05, 0.1) is 22.2 Å². The zero-order valence-electron chi connectivity index (χ0n) is 17.7. The first-order valence-corrected chi connectivity index (χ1v) is 10.4. The van der Waals surface area contributed by atoms with Gasteiger partial charge in [-0.05, 0) is 35.7 Å². The van der Waals surface area contributed by atoms with Crippen molar-refractivity contribution in [3.05, 3.63) is 83.6 Å². The van der Waals surface area contributed by atoms with Crippen LogP contribution in [0.25, 0.3) is 22.0 Å². The molecule has 0 aliphatic carbocycles. The lowest BCUT2D eigenvalue weighted by molar-refractivity contribution is -0.149. The van der Waals surface area contributed by atoms with E-state index in [0.717, 1.165) is 22.4 Å². The molecule has 0 saturated heterocycles. The summed E-state index contributed by atoms with van der Waals surface area (Å²) >= 11 is 0. The molecular weight excluding hydrogens is 420 g/mol. The first kappa shape index (κ1) is 20.5. The Kier molecular flexibility index (Phi) is 4.74. The molecule has 0 bridgehead atoms. The molecule has 1 aromatic heterocycles. The highest BCUT2D eigenvalue weighted by molar-refractivity contribution is 6.49. The molecule has 1 aliphatic heterocycles. The van der Waals surface area contributed by atoms with Gasteiger partial charge in [0.2, 0.25) is 5.78 Å². The highest BCUT2D eigenvalue weighted by atomic mass is 16.5. The Balaban J connectivity index is 1.56. The molecule has 1 atom stereocenters. The van der Waals surface area contributed by atoms with Crippen LogP contribution < -0.4 is 10.5 Å². The fourth-order valence-corrected chi connectivity index (χ4v) is 4.27. The molecule has 7 nitrogen and oxygen atoms in total. The van der Waals surface area contributed by atoms with Crippen molar-refractivity contribution >= 4 is 34.1 Å². The number of ketones is 2. The summed E-state index contributed by atoms with van der Waals surface area (Å²) < 4.78 is 7.48. The second kappa shape index (κ2) is 7.63. The average Bonchev–Trinajstić information content (AvgIpc) is 3.07. The maximum absolute atomic E-state index is 12.5. The number of anilines is 1. The van der Waals surface area contributed by atoms with Crippen LogP contribution in [0.2, 0.25) is 0 Å². The summed E-state index contributed by atoms with van der Waals surface area (Å²) in [4.78, 5) is 36.0. The molecular formula is C26H20N2O5. The average molecular weight is 440 g/mol. The quantitative estimate of drug-likeness (QED) is 0.368. The lowest BCUT2D eigenvalue weighted by Crippen LogP contribution is -2.43. The fourth-order valence-electron chi connectivity index (χ4n) is 4.27. The first-order chi connectivity index (χ1) is 15.9. The normalized spacial score (nSPS) is 15.4. The minimum absolute atomic E-state index is 0.0288. The number of nitrogens with two attached hydrogens (primary N) is 1. The van der Waals surface area contributed by atoms with Crippen molar-refractivity contribution in [3.63, 3.8) is 0 Å². The maximum Gasteiger partial charge on any atom is 0.353 e. The Hall–Kier alpha value is -4.39. The van der Waals surface area contributed by atoms with Crippen molar-refractivity contribution in [2.45, 2.75) is 19.6 Å². The van der Waals surface area contributed by atoms with E-state index >= 15 is 0 Å². The number of aliphatic carboxylic acids is 1. The van der Waals surface area contributed by atoms with E-state index in [1.165, 1.54) is 6.07 Å². The summed E-state index contributed by atoms with van der Waals surface area (Å²) in [5.41, 5.74) is 11.5. The third-order valence-electron chi connectivity index (χ3n) is 6.06. The van der Waals surface area contributed by atoms with Gasteiger partial charge in [0, 0.05) is 12.2 Å². The van der Waals surface area contributed by atoms with Crippen molar-refractivity contribution in [1.82, 2.24) is 4.57 Å². The number of benzene rings is 3. The number of carbonyl (C=O) groups excluding carboxylic acids is 2. The van der Waals surface area contributed by atoms with E-state index < -0.39 is 23.6 Å². The molecule has 2 heterocycles. The number of fused-ring (bicyclic) bond motifs is 3. The molecule has 0 radical (unpaired) electrons. The van der Waals surface area contributed by atoms with E-state index in [-0.39, 0.29) is 11.3 Å². The molecule has 33 heavy (non-hydrogen) atoms. The van der Waals surface area contributed by atoms with E-state index in [9.17, 15) is 19.5 Å². The molecule has 1 unspecified atom stereocenters. The summed E-state index contributed by atoms with van der Waals surface area (Å²) in [5.74, 6) is -3.44. The number of nitrogens with zero attached hydrogens (tertiary/aromatic N) is 1. The molecule has 0 fully saturated rings. The van der Waals surface area contributed by atoms with Crippen LogP contribution >= 0.6 is 0 Å². The number of hydrogen-bond donors (Lipinski definition) is 2. The number of Topliss-reactive ketones (excluding diaryl/α,β-unsaturated/α-hetero) is 2. The number of carbonyl (C=O) groups is 3. The molecule has 3 N–H and O–H groups in total. The van der Waals surface area contributed by atoms with Crippen LogP contribution in [0, 0.1) is 6.92 Å². The highest BCUT2D eigenvalue weighted by Gasteiger charge is 2.41. The SMILES string of the molecule is Cc1c(N)c2c3c(ccc2n1Cc1ccc(-c2ccccc2)cc1)C(=O)C(=O)C(C(=O)O)O3. The number of carboxylic acids is 1. The van der Waals surface area contributed by atoms with Crippen LogP contribution in [0.3, 0.4) is 0 Å². The van der Waals surface area contributed by atoms with Gasteiger partial charge in [0.25, 0.3) is 11.9 Å². The zero-order chi connectivity index (χ0) is 23.3. The van der Waals surface area contributed by atoms with Gasteiger partial charge < -0.3 is 20.1 Å². The summed E-state index contributed by atoms with van der Waals surface area (Å²) in [6.45, 7) is 2.37. The highest BCUT2D eigenvalue weighted by Crippen LogP contribution is 2.41. The third kappa shape index (κ3) is 3.25. The second-order valence-corrected chi connectivity index (χ2v) is 8.01. The van der Waals surface area contributed by atoms with Crippen LogP contribution in [0.5, 0.6) is 5.75 Å². The van der Waals surface area contributed by atoms with Crippen LogP contribution in [0.15, 0.2) is 66.7 Å². The van der Waals surface area contributed by atoms with Gasteiger partial charge in [0.1, 0.15) is 5.75 Å². The Morgan fingerprint density at radius 3 is 2.33 bits per heavy atom. The lowest BCUT2D eigenvalue weighted by Gasteiger charge is -2.22. The predicted molar refractivity (Wildman–Crippen MR) is 123 cm³/mol. The topological polar surface area (TPSA) is 112 Å². The molecule has 0 amide bonds. The van der Waals surface area contributed by atoms with E-state index in [2.05, 4.69) is 24.3 Å². The number of rotatable bonds is 4. The molecule has 0 saturated carbocycles. The largest absolute Gasteiger partial charge is 0.478 e. The van der Waals surface area contributed by atoms with Crippen molar-refractivity contribution in [2.24, 2.45) is 0 Å². The number of aromatic nitrogens is 1. The first-order valence-electron chi connectivity index (χ1n) is 10.4. The summed E-state index contributed by atoms with van der Waals surface area (Å²) in [7, 11) is 0. The molecule has 3 aromatic carbocycles. The molecule has 4 aromatic rings. The van der Waals surface area contributed by atoms with E-state index in [1.807, 2.05) is 41.8 Å². The number of ether oxygens (including phenoxy) is 1. The third-order valence-corrected chi connectivity index (χ3v) is 6.06. The summed E-state index contributed by atoms with van der Waals surface area (Å²) in [6.07, 6.45) is -1.87. The number of nitrogen functional groups attached to an aromatic ring is 1. The molecule has 7 heteroatoms. The number of hydrogen-bond acceptors (Lipinski definition) is 5. The van der Waals surface area contributed by atoms with Gasteiger partial charge >= 0.3 is 5.97 Å². The molecule has 0 spiro atoms. The number of carboxylic acid groups (broad SMARTS) is 1. The second-order valence-electron chi connectivity index (χ2n) is 8.01. The Morgan fingerprint density at radius 1 is 1.00 bits per heavy atom. The van der Waals surface area contributed by atoms with Gasteiger partial charge in [-0.3, -0.25) is 9.59 Å². The van der Waals surface area contributed by atoms with Gasteiger partial charge in [-0.15, -0.1) is 0 Å². The smallest absolute Gasteiger partial charge is 0.353 e. The Morgan fingerprint density at radius 2 is 1.67 bits per heavy atom. The monoisotopic (exact) mass is 440 g/mol. The van der Waals surface area contributed by atoms with Gasteiger partial charge in [-0.2, -0.15) is 0 Å². The van der Waals surface area contributed by atoms with Crippen LogP contribution in [-0.2, 0) is 16.1 Å². The standard InChI is InChI=1S/C26H20N2O5/c1-14-21(27)20-19(12-11-18-22(29)23(30)25(26(31)32)33-24(18)20)28(14)13-15-7-9-17(10-8-15)16-5-3-2-4-6-16/h2-12,25H,13,27H2,1H3,(H,31,32). The zero-order valence-corrected chi connectivity index (χ0v) is 17.7. The van der Waals surface area contributed by atoms with Gasteiger partial charge in [-0.1, -0.05) is 54.6 Å². The molecule has 5 rings (SSSR count).